The lowest BCUT2D eigenvalue weighted by Gasteiger charge is -2.28. The Kier molecular flexibility index (Phi) is 4.14. The van der Waals surface area contributed by atoms with Gasteiger partial charge in [0.05, 0.1) is 9.26 Å². The van der Waals surface area contributed by atoms with Gasteiger partial charge in [-0.1, -0.05) is 27.2 Å². The van der Waals surface area contributed by atoms with Crippen LogP contribution < -0.4 is 5.32 Å². The minimum absolute atomic E-state index is 0.0716. The Balaban J connectivity index is 2.46. The second-order valence-corrected chi connectivity index (χ2v) is 7.08. The molecule has 18 heavy (non-hydrogen) atoms. The van der Waals surface area contributed by atoms with Crippen molar-refractivity contribution < 1.29 is 0 Å². The standard InChI is InChI=1S/C14H22IN3/c1-5-16-13-10(15)11(14(2,3)4)17-12(18-13)9-7-6-8-9/h9H,5-8H2,1-4H3,(H,16,17,18). The molecule has 0 aliphatic heterocycles. The van der Waals surface area contributed by atoms with E-state index in [-0.39, 0.29) is 5.41 Å². The van der Waals surface area contributed by atoms with Crippen LogP contribution in [0.4, 0.5) is 5.82 Å². The maximum Gasteiger partial charge on any atom is 0.143 e. The summed E-state index contributed by atoms with van der Waals surface area (Å²) < 4.78 is 1.17. The number of anilines is 1. The van der Waals surface area contributed by atoms with Gasteiger partial charge in [0.25, 0.3) is 0 Å². The molecule has 2 rings (SSSR count). The van der Waals surface area contributed by atoms with Crippen LogP contribution in [0.2, 0.25) is 0 Å². The van der Waals surface area contributed by atoms with Crippen molar-refractivity contribution in [2.75, 3.05) is 11.9 Å². The Morgan fingerprint density at radius 2 is 1.94 bits per heavy atom. The van der Waals surface area contributed by atoms with Gasteiger partial charge in [0.2, 0.25) is 0 Å². The molecule has 0 atom stereocenters. The van der Waals surface area contributed by atoms with Crippen molar-refractivity contribution in [3.05, 3.63) is 15.1 Å². The minimum Gasteiger partial charge on any atom is -0.369 e. The number of nitrogens with zero attached hydrogens (tertiary/aromatic N) is 2. The summed E-state index contributed by atoms with van der Waals surface area (Å²) in [6.45, 7) is 9.67. The molecule has 1 aliphatic carbocycles. The van der Waals surface area contributed by atoms with E-state index in [9.17, 15) is 0 Å². The van der Waals surface area contributed by atoms with Gasteiger partial charge in [-0.2, -0.15) is 0 Å². The third-order valence-electron chi connectivity index (χ3n) is 3.39. The zero-order valence-electron chi connectivity index (χ0n) is 11.7. The minimum atomic E-state index is 0.0716. The van der Waals surface area contributed by atoms with E-state index >= 15 is 0 Å². The first-order valence-electron chi connectivity index (χ1n) is 6.75. The van der Waals surface area contributed by atoms with E-state index in [1.807, 2.05) is 0 Å². The number of aromatic nitrogens is 2. The molecule has 0 unspecified atom stereocenters. The fourth-order valence-electron chi connectivity index (χ4n) is 2.09. The van der Waals surface area contributed by atoms with Crippen molar-refractivity contribution in [3.63, 3.8) is 0 Å². The fourth-order valence-corrected chi connectivity index (χ4v) is 3.34. The maximum absolute atomic E-state index is 4.85. The van der Waals surface area contributed by atoms with Crippen LogP contribution in [0.15, 0.2) is 0 Å². The first kappa shape index (κ1) is 14.0. The van der Waals surface area contributed by atoms with Gasteiger partial charge < -0.3 is 5.32 Å². The van der Waals surface area contributed by atoms with Crippen molar-refractivity contribution in [2.24, 2.45) is 0 Å². The van der Waals surface area contributed by atoms with Crippen molar-refractivity contribution >= 4 is 28.4 Å². The SMILES string of the molecule is CCNc1nc(C2CCC2)nc(C(C)(C)C)c1I. The van der Waals surface area contributed by atoms with Crippen LogP contribution in [0.3, 0.4) is 0 Å². The molecule has 0 spiro atoms. The molecular weight excluding hydrogens is 337 g/mol. The Bertz CT molecular complexity index is 433. The fraction of sp³-hybridized carbons (Fsp3) is 0.714. The maximum atomic E-state index is 4.85. The van der Waals surface area contributed by atoms with Gasteiger partial charge >= 0.3 is 0 Å². The second-order valence-electron chi connectivity index (χ2n) is 6.00. The average Bonchev–Trinajstić information content (AvgIpc) is 2.18. The van der Waals surface area contributed by atoms with Crippen LogP contribution >= 0.6 is 22.6 Å². The molecule has 100 valence electrons. The van der Waals surface area contributed by atoms with Crippen molar-refractivity contribution in [1.29, 1.82) is 0 Å². The van der Waals surface area contributed by atoms with Gasteiger partial charge in [0.1, 0.15) is 11.6 Å². The van der Waals surface area contributed by atoms with Crippen LogP contribution in [0.1, 0.15) is 64.4 Å². The molecule has 0 amide bonds. The summed E-state index contributed by atoms with van der Waals surface area (Å²) in [7, 11) is 0. The van der Waals surface area contributed by atoms with E-state index < -0.39 is 0 Å². The average molecular weight is 359 g/mol. The molecule has 0 aromatic carbocycles. The second kappa shape index (κ2) is 5.31. The van der Waals surface area contributed by atoms with Crippen molar-refractivity contribution in [3.8, 4) is 0 Å². The summed E-state index contributed by atoms with van der Waals surface area (Å²) in [4.78, 5) is 9.58. The smallest absolute Gasteiger partial charge is 0.143 e. The summed E-state index contributed by atoms with van der Waals surface area (Å²) in [5.41, 5.74) is 1.25. The molecule has 1 saturated carbocycles. The van der Waals surface area contributed by atoms with Gasteiger partial charge in [-0.15, -0.1) is 0 Å². The van der Waals surface area contributed by atoms with Gasteiger partial charge in [-0.25, -0.2) is 9.97 Å². The highest BCUT2D eigenvalue weighted by Gasteiger charge is 2.28. The van der Waals surface area contributed by atoms with Crippen LogP contribution in [0, 0.1) is 3.57 Å². The van der Waals surface area contributed by atoms with E-state index in [1.165, 1.54) is 28.5 Å². The molecule has 4 heteroatoms. The van der Waals surface area contributed by atoms with Gasteiger partial charge in [0.15, 0.2) is 0 Å². The summed E-state index contributed by atoms with van der Waals surface area (Å²) in [6, 6.07) is 0. The molecule has 0 radical (unpaired) electrons. The lowest BCUT2D eigenvalue weighted by atomic mass is 9.84. The number of hydrogen-bond donors (Lipinski definition) is 1. The van der Waals surface area contributed by atoms with Gasteiger partial charge in [0, 0.05) is 17.9 Å². The summed E-state index contributed by atoms with van der Waals surface area (Å²) in [5.74, 6) is 2.64. The Morgan fingerprint density at radius 3 is 2.39 bits per heavy atom. The topological polar surface area (TPSA) is 37.8 Å². The normalized spacial score (nSPS) is 16.5. The molecule has 0 bridgehead atoms. The van der Waals surface area contributed by atoms with Crippen LogP contribution in [-0.2, 0) is 5.41 Å². The number of rotatable bonds is 3. The van der Waals surface area contributed by atoms with Crippen molar-refractivity contribution in [2.45, 2.75) is 58.3 Å². The molecule has 3 nitrogen and oxygen atoms in total. The molecule has 1 N–H and O–H groups in total. The predicted octanol–water partition coefficient (Wildman–Crippen LogP) is 4.08. The lowest BCUT2D eigenvalue weighted by Crippen LogP contribution is -2.22. The molecule has 1 fully saturated rings. The summed E-state index contributed by atoms with van der Waals surface area (Å²) >= 11 is 2.37. The predicted molar refractivity (Wildman–Crippen MR) is 84.2 cm³/mol. The quantitative estimate of drug-likeness (QED) is 0.827. The molecule has 1 aromatic heterocycles. The van der Waals surface area contributed by atoms with E-state index in [0.29, 0.717) is 5.92 Å². The molecule has 1 aromatic rings. The Morgan fingerprint density at radius 1 is 1.28 bits per heavy atom. The highest BCUT2D eigenvalue weighted by Crippen LogP contribution is 2.37. The third kappa shape index (κ3) is 2.78. The molecular formula is C14H22IN3. The molecule has 1 aliphatic rings. The lowest BCUT2D eigenvalue weighted by molar-refractivity contribution is 0.397. The van der Waals surface area contributed by atoms with Gasteiger partial charge in [-0.05, 0) is 42.4 Å². The van der Waals surface area contributed by atoms with Gasteiger partial charge in [-0.3, -0.25) is 0 Å². The van der Waals surface area contributed by atoms with E-state index in [0.717, 1.165) is 18.2 Å². The van der Waals surface area contributed by atoms with E-state index in [1.54, 1.807) is 0 Å². The third-order valence-corrected chi connectivity index (χ3v) is 4.42. The largest absolute Gasteiger partial charge is 0.369 e. The Hall–Kier alpha value is -0.390. The summed E-state index contributed by atoms with van der Waals surface area (Å²) in [6.07, 6.45) is 3.81. The highest BCUT2D eigenvalue weighted by molar-refractivity contribution is 14.1. The monoisotopic (exact) mass is 359 g/mol. The zero-order chi connectivity index (χ0) is 13.3. The van der Waals surface area contributed by atoms with Crippen molar-refractivity contribution in [1.82, 2.24) is 9.97 Å². The molecule has 0 saturated heterocycles. The summed E-state index contributed by atoms with van der Waals surface area (Å²) in [5, 5.41) is 3.37. The first-order valence-corrected chi connectivity index (χ1v) is 7.83. The number of halogens is 1. The van der Waals surface area contributed by atoms with Crippen LogP contribution in [0.25, 0.3) is 0 Å². The van der Waals surface area contributed by atoms with Crippen LogP contribution in [-0.4, -0.2) is 16.5 Å². The van der Waals surface area contributed by atoms with E-state index in [4.69, 9.17) is 9.97 Å². The zero-order valence-corrected chi connectivity index (χ0v) is 13.8. The van der Waals surface area contributed by atoms with Crippen LogP contribution in [0.5, 0.6) is 0 Å². The number of nitrogens with one attached hydrogen (secondary N) is 1. The first-order chi connectivity index (χ1) is 8.43. The molecule has 1 heterocycles. The van der Waals surface area contributed by atoms with E-state index in [2.05, 4.69) is 55.6 Å². The highest BCUT2D eigenvalue weighted by atomic mass is 127. The number of hydrogen-bond acceptors (Lipinski definition) is 3. The Labute approximate surface area is 123 Å².